The van der Waals surface area contributed by atoms with Crippen LogP contribution in [0, 0.1) is 10.1 Å². The molecule has 3 rings (SSSR count). The second-order valence-corrected chi connectivity index (χ2v) is 6.11. The van der Waals surface area contributed by atoms with Gasteiger partial charge in [0.25, 0.3) is 11.6 Å². The van der Waals surface area contributed by atoms with Crippen LogP contribution in [0.1, 0.15) is 5.56 Å². The largest absolute Gasteiger partial charge is 0.493 e. The minimum Gasteiger partial charge on any atom is -0.493 e. The van der Waals surface area contributed by atoms with Crippen molar-refractivity contribution in [2.24, 2.45) is 5.10 Å². The summed E-state index contributed by atoms with van der Waals surface area (Å²) in [5.74, 6) is 0.551. The number of carbonyl (C=O) groups is 1. The molecule has 154 valence electrons. The molecule has 0 saturated heterocycles. The Morgan fingerprint density at radius 3 is 2.47 bits per heavy atom. The molecule has 0 heterocycles. The van der Waals surface area contributed by atoms with Gasteiger partial charge in [-0.1, -0.05) is 30.3 Å². The number of hydrogen-bond donors (Lipinski definition) is 1. The molecule has 0 aliphatic carbocycles. The van der Waals surface area contributed by atoms with Crippen LogP contribution in [0.2, 0.25) is 0 Å². The van der Waals surface area contributed by atoms with Crippen LogP contribution in [0.15, 0.2) is 59.7 Å². The Kier molecular flexibility index (Phi) is 6.43. The van der Waals surface area contributed by atoms with E-state index in [2.05, 4.69) is 10.5 Å². The normalized spacial score (nSPS) is 10.7. The maximum atomic E-state index is 12.0. The molecule has 0 aliphatic heterocycles. The summed E-state index contributed by atoms with van der Waals surface area (Å²) >= 11 is 0. The zero-order valence-corrected chi connectivity index (χ0v) is 16.3. The predicted octanol–water partition coefficient (Wildman–Crippen LogP) is 3.29. The monoisotopic (exact) mass is 409 g/mol. The van der Waals surface area contributed by atoms with E-state index >= 15 is 0 Å². The summed E-state index contributed by atoms with van der Waals surface area (Å²) in [7, 11) is 2.79. The van der Waals surface area contributed by atoms with Crippen LogP contribution in [-0.4, -0.2) is 37.9 Å². The molecule has 9 nitrogen and oxygen atoms in total. The molecule has 3 aromatic carbocycles. The first-order valence-electron chi connectivity index (χ1n) is 8.85. The summed E-state index contributed by atoms with van der Waals surface area (Å²) in [6.45, 7) is -0.260. The third-order valence-corrected chi connectivity index (χ3v) is 4.21. The highest BCUT2D eigenvalue weighted by Crippen LogP contribution is 2.33. The van der Waals surface area contributed by atoms with E-state index in [-0.39, 0.29) is 23.6 Å². The highest BCUT2D eigenvalue weighted by atomic mass is 16.6. The molecule has 1 amide bonds. The number of hydrazone groups is 1. The van der Waals surface area contributed by atoms with Gasteiger partial charge in [-0.05, 0) is 29.0 Å². The van der Waals surface area contributed by atoms with Gasteiger partial charge in [0.2, 0.25) is 0 Å². The molecule has 0 radical (unpaired) electrons. The summed E-state index contributed by atoms with van der Waals surface area (Å²) < 4.78 is 15.7. The number of ether oxygens (including phenoxy) is 3. The van der Waals surface area contributed by atoms with Gasteiger partial charge in [0.05, 0.1) is 37.0 Å². The Morgan fingerprint density at radius 2 is 1.77 bits per heavy atom. The lowest BCUT2D eigenvalue weighted by molar-refractivity contribution is -0.385. The Morgan fingerprint density at radius 1 is 1.07 bits per heavy atom. The molecule has 0 bridgehead atoms. The molecule has 9 heteroatoms. The maximum absolute atomic E-state index is 12.0. The number of fused-ring (bicyclic) bond motifs is 1. The number of benzene rings is 3. The van der Waals surface area contributed by atoms with Gasteiger partial charge in [0.15, 0.2) is 18.1 Å². The summed E-state index contributed by atoms with van der Waals surface area (Å²) in [6.07, 6.45) is 1.16. The molecule has 0 saturated carbocycles. The van der Waals surface area contributed by atoms with E-state index in [0.29, 0.717) is 11.5 Å². The molecule has 0 atom stereocenters. The van der Waals surface area contributed by atoms with E-state index in [1.54, 1.807) is 6.07 Å². The van der Waals surface area contributed by atoms with Gasteiger partial charge in [-0.25, -0.2) is 5.43 Å². The summed E-state index contributed by atoms with van der Waals surface area (Å²) in [5.41, 5.74) is 2.19. The van der Waals surface area contributed by atoms with Crippen molar-refractivity contribution in [3.05, 3.63) is 70.3 Å². The number of nitrogens with one attached hydrogen (secondary N) is 1. The van der Waals surface area contributed by atoms with Gasteiger partial charge in [-0.2, -0.15) is 5.10 Å². The SMILES string of the molecule is COc1cc(/C=N\NC(=O)COc2ccc3ccccc3c2)c([N+](=O)[O-])cc1OC. The van der Waals surface area contributed by atoms with Gasteiger partial charge in [0.1, 0.15) is 5.75 Å². The molecular formula is C21H19N3O6. The highest BCUT2D eigenvalue weighted by molar-refractivity contribution is 5.88. The number of amides is 1. The number of carbonyl (C=O) groups excluding carboxylic acids is 1. The second-order valence-electron chi connectivity index (χ2n) is 6.11. The Balaban J connectivity index is 1.64. The lowest BCUT2D eigenvalue weighted by Gasteiger charge is -2.08. The number of rotatable bonds is 8. The number of methoxy groups -OCH3 is 2. The number of hydrogen-bond acceptors (Lipinski definition) is 7. The standard InChI is InChI=1S/C21H19N3O6/c1-28-19-10-16(18(24(26)27)11-20(19)29-2)12-22-23-21(25)13-30-17-8-7-14-5-3-4-6-15(14)9-17/h3-12H,13H2,1-2H3,(H,23,25)/b22-12-. The lowest BCUT2D eigenvalue weighted by atomic mass is 10.1. The first-order valence-corrected chi connectivity index (χ1v) is 8.85. The molecule has 0 unspecified atom stereocenters. The number of nitro groups is 1. The molecule has 0 fully saturated rings. The minimum absolute atomic E-state index is 0.147. The Labute approximate surface area is 172 Å². The van der Waals surface area contributed by atoms with Crippen molar-refractivity contribution < 1.29 is 23.9 Å². The van der Waals surface area contributed by atoms with Crippen molar-refractivity contribution in [3.8, 4) is 17.2 Å². The molecule has 0 aliphatic rings. The minimum atomic E-state index is -0.575. The van der Waals surface area contributed by atoms with Crippen LogP contribution >= 0.6 is 0 Å². The smallest absolute Gasteiger partial charge is 0.282 e. The van der Waals surface area contributed by atoms with Gasteiger partial charge in [-0.15, -0.1) is 0 Å². The third kappa shape index (κ3) is 4.82. The fraction of sp³-hybridized carbons (Fsp3) is 0.143. The lowest BCUT2D eigenvalue weighted by Crippen LogP contribution is -2.24. The fourth-order valence-electron chi connectivity index (χ4n) is 2.76. The first kappa shape index (κ1) is 20.6. The molecule has 1 N–H and O–H groups in total. The van der Waals surface area contributed by atoms with Crippen LogP contribution in [0.3, 0.4) is 0 Å². The second kappa shape index (κ2) is 9.37. The predicted molar refractivity (Wildman–Crippen MR) is 111 cm³/mol. The van der Waals surface area contributed by atoms with Crippen molar-refractivity contribution in [3.63, 3.8) is 0 Å². The number of nitrogens with zero attached hydrogens (tertiary/aromatic N) is 2. The van der Waals surface area contributed by atoms with Crippen LogP contribution < -0.4 is 19.6 Å². The van der Waals surface area contributed by atoms with Crippen molar-refractivity contribution in [2.45, 2.75) is 0 Å². The summed E-state index contributed by atoms with van der Waals surface area (Å²) in [6, 6.07) is 15.9. The summed E-state index contributed by atoms with van der Waals surface area (Å²) in [5, 5.41) is 17.1. The van der Waals surface area contributed by atoms with Gasteiger partial charge in [0, 0.05) is 0 Å². The topological polar surface area (TPSA) is 112 Å². The van der Waals surface area contributed by atoms with Crippen molar-refractivity contribution in [1.29, 1.82) is 0 Å². The number of nitro benzene ring substituents is 1. The molecule has 0 spiro atoms. The fourth-order valence-corrected chi connectivity index (χ4v) is 2.76. The van der Waals surface area contributed by atoms with E-state index in [4.69, 9.17) is 14.2 Å². The van der Waals surface area contributed by atoms with Crippen molar-refractivity contribution in [2.75, 3.05) is 20.8 Å². The zero-order chi connectivity index (χ0) is 21.5. The van der Waals surface area contributed by atoms with E-state index in [0.717, 1.165) is 17.0 Å². The molecule has 3 aromatic rings. The third-order valence-electron chi connectivity index (χ3n) is 4.21. The van der Waals surface area contributed by atoms with Gasteiger partial charge < -0.3 is 14.2 Å². The Bertz CT molecular complexity index is 1110. The van der Waals surface area contributed by atoms with Crippen LogP contribution in [0.25, 0.3) is 10.8 Å². The molecule has 0 aromatic heterocycles. The quantitative estimate of drug-likeness (QED) is 0.347. The maximum Gasteiger partial charge on any atom is 0.282 e. The molecule has 30 heavy (non-hydrogen) atoms. The van der Waals surface area contributed by atoms with E-state index in [1.165, 1.54) is 26.4 Å². The van der Waals surface area contributed by atoms with Gasteiger partial charge >= 0.3 is 0 Å². The van der Waals surface area contributed by atoms with Crippen molar-refractivity contribution in [1.82, 2.24) is 5.43 Å². The average Bonchev–Trinajstić information content (AvgIpc) is 2.76. The van der Waals surface area contributed by atoms with Crippen molar-refractivity contribution >= 4 is 28.6 Å². The highest BCUT2D eigenvalue weighted by Gasteiger charge is 2.18. The van der Waals surface area contributed by atoms with Crippen LogP contribution in [0.4, 0.5) is 5.69 Å². The zero-order valence-electron chi connectivity index (χ0n) is 16.3. The summed E-state index contributed by atoms with van der Waals surface area (Å²) in [4.78, 5) is 22.7. The average molecular weight is 409 g/mol. The van der Waals surface area contributed by atoms with E-state index in [9.17, 15) is 14.9 Å². The van der Waals surface area contributed by atoms with Crippen LogP contribution in [-0.2, 0) is 4.79 Å². The van der Waals surface area contributed by atoms with Gasteiger partial charge in [-0.3, -0.25) is 14.9 Å². The first-order chi connectivity index (χ1) is 14.5. The van der Waals surface area contributed by atoms with Crippen LogP contribution in [0.5, 0.6) is 17.2 Å². The Hall–Kier alpha value is -4.14. The van der Waals surface area contributed by atoms with E-state index < -0.39 is 10.8 Å². The van der Waals surface area contributed by atoms with E-state index in [1.807, 2.05) is 36.4 Å². The molecular weight excluding hydrogens is 390 g/mol.